The van der Waals surface area contributed by atoms with Gasteiger partial charge in [0.05, 0.1) is 0 Å². The molecule has 0 spiro atoms. The highest BCUT2D eigenvalue weighted by molar-refractivity contribution is 4.96. The maximum absolute atomic E-state index is 13.2. The molecule has 5 heteroatoms. The topological polar surface area (TPSA) is 29.3 Å². The van der Waals surface area contributed by atoms with E-state index in [0.717, 1.165) is 19.3 Å². The molecule has 0 amide bonds. The fraction of sp³-hybridized carbons (Fsp3) is 1.00. The van der Waals surface area contributed by atoms with Gasteiger partial charge in [0.2, 0.25) is 0 Å². The molecule has 1 fully saturated rings. The lowest BCUT2D eigenvalue weighted by Crippen LogP contribution is -2.59. The van der Waals surface area contributed by atoms with Gasteiger partial charge in [0, 0.05) is 18.1 Å². The number of alkyl halides is 3. The van der Waals surface area contributed by atoms with E-state index in [2.05, 4.69) is 0 Å². The molecule has 102 valence electrons. The lowest BCUT2D eigenvalue weighted by Gasteiger charge is -2.39. The summed E-state index contributed by atoms with van der Waals surface area (Å²) in [4.78, 5) is 1.61. The molecule has 0 aromatic heterocycles. The summed E-state index contributed by atoms with van der Waals surface area (Å²) in [5.74, 6) is 0. The van der Waals surface area contributed by atoms with Gasteiger partial charge in [0.25, 0.3) is 0 Å². The maximum atomic E-state index is 13.2. The first-order valence-corrected chi connectivity index (χ1v) is 6.42. The van der Waals surface area contributed by atoms with Gasteiger partial charge in [-0.15, -0.1) is 0 Å². The van der Waals surface area contributed by atoms with Crippen molar-refractivity contribution < 1.29 is 13.2 Å². The van der Waals surface area contributed by atoms with Gasteiger partial charge < -0.3 is 5.73 Å². The Labute approximate surface area is 101 Å². The smallest absolute Gasteiger partial charge is 0.326 e. The van der Waals surface area contributed by atoms with Gasteiger partial charge in [0.1, 0.15) is 6.04 Å². The first-order valence-electron chi connectivity index (χ1n) is 6.42. The average Bonchev–Trinajstić information content (AvgIpc) is 2.58. The van der Waals surface area contributed by atoms with Crippen molar-refractivity contribution in [3.8, 4) is 0 Å². The van der Waals surface area contributed by atoms with Crippen molar-refractivity contribution in [2.75, 3.05) is 0 Å². The third-order valence-corrected chi connectivity index (χ3v) is 3.85. The molecule has 1 aliphatic heterocycles. The second kappa shape index (κ2) is 5.57. The molecule has 17 heavy (non-hydrogen) atoms. The van der Waals surface area contributed by atoms with Crippen molar-refractivity contribution in [1.82, 2.24) is 4.90 Å². The Morgan fingerprint density at radius 3 is 2.29 bits per heavy atom. The van der Waals surface area contributed by atoms with Crippen LogP contribution in [0.1, 0.15) is 46.5 Å². The maximum Gasteiger partial charge on any atom is 0.405 e. The summed E-state index contributed by atoms with van der Waals surface area (Å²) in [6.07, 6.45) is -1.44. The SMILES string of the molecule is CCC(N)C(N1C(C)CCC1CC)C(F)(F)F. The van der Waals surface area contributed by atoms with E-state index in [-0.39, 0.29) is 12.1 Å². The Morgan fingerprint density at radius 1 is 1.29 bits per heavy atom. The summed E-state index contributed by atoms with van der Waals surface area (Å²) in [5.41, 5.74) is 5.70. The van der Waals surface area contributed by atoms with E-state index in [1.54, 1.807) is 11.8 Å². The van der Waals surface area contributed by atoms with Crippen molar-refractivity contribution in [3.05, 3.63) is 0 Å². The van der Waals surface area contributed by atoms with E-state index < -0.39 is 18.3 Å². The van der Waals surface area contributed by atoms with Crippen LogP contribution in [0, 0.1) is 0 Å². The molecule has 0 aliphatic carbocycles. The zero-order valence-corrected chi connectivity index (χ0v) is 10.8. The van der Waals surface area contributed by atoms with Crippen molar-refractivity contribution in [3.63, 3.8) is 0 Å². The van der Waals surface area contributed by atoms with Crippen molar-refractivity contribution in [1.29, 1.82) is 0 Å². The predicted octanol–water partition coefficient (Wildman–Crippen LogP) is 2.92. The summed E-state index contributed by atoms with van der Waals surface area (Å²) >= 11 is 0. The molecule has 0 bridgehead atoms. The average molecular weight is 252 g/mol. The lowest BCUT2D eigenvalue weighted by molar-refractivity contribution is -0.196. The summed E-state index contributed by atoms with van der Waals surface area (Å²) < 4.78 is 39.5. The monoisotopic (exact) mass is 252 g/mol. The standard InChI is InChI=1S/C12H23F3N2/c1-4-9-7-6-8(3)17(9)11(10(16)5-2)12(13,14)15/h8-11H,4-7,16H2,1-3H3. The molecular weight excluding hydrogens is 229 g/mol. The zero-order chi connectivity index (χ0) is 13.2. The summed E-state index contributed by atoms with van der Waals surface area (Å²) in [7, 11) is 0. The van der Waals surface area contributed by atoms with Gasteiger partial charge in [-0.3, -0.25) is 4.90 Å². The second-order valence-electron chi connectivity index (χ2n) is 4.99. The van der Waals surface area contributed by atoms with Crippen LogP contribution in [0.5, 0.6) is 0 Å². The Balaban J connectivity index is 2.96. The van der Waals surface area contributed by atoms with Crippen LogP contribution in [0.2, 0.25) is 0 Å². The zero-order valence-electron chi connectivity index (χ0n) is 10.8. The minimum atomic E-state index is -4.23. The number of nitrogens with zero attached hydrogens (tertiary/aromatic N) is 1. The van der Waals surface area contributed by atoms with Crippen LogP contribution < -0.4 is 5.73 Å². The highest BCUT2D eigenvalue weighted by Gasteiger charge is 2.51. The number of likely N-dealkylation sites (tertiary alicyclic amines) is 1. The first-order chi connectivity index (χ1) is 7.82. The van der Waals surface area contributed by atoms with E-state index in [1.165, 1.54) is 0 Å². The highest BCUT2D eigenvalue weighted by Crippen LogP contribution is 2.36. The Bertz CT molecular complexity index is 242. The fourth-order valence-corrected chi connectivity index (χ4v) is 2.86. The molecule has 0 aromatic rings. The van der Waals surface area contributed by atoms with E-state index in [0.29, 0.717) is 6.42 Å². The number of rotatable bonds is 4. The Kier molecular flexibility index (Phi) is 4.84. The highest BCUT2D eigenvalue weighted by atomic mass is 19.4. The van der Waals surface area contributed by atoms with E-state index >= 15 is 0 Å². The molecule has 1 saturated heterocycles. The van der Waals surface area contributed by atoms with Gasteiger partial charge in [-0.05, 0) is 32.6 Å². The Hall–Kier alpha value is -0.290. The van der Waals surface area contributed by atoms with E-state index in [1.807, 2.05) is 13.8 Å². The van der Waals surface area contributed by atoms with Crippen LogP contribution >= 0.6 is 0 Å². The molecule has 0 saturated carbocycles. The largest absolute Gasteiger partial charge is 0.405 e. The lowest BCUT2D eigenvalue weighted by atomic mass is 10.0. The summed E-state index contributed by atoms with van der Waals surface area (Å²) in [6, 6.07) is -2.32. The molecule has 2 nitrogen and oxygen atoms in total. The number of hydrogen-bond acceptors (Lipinski definition) is 2. The summed E-state index contributed by atoms with van der Waals surface area (Å²) in [5, 5.41) is 0. The third-order valence-electron chi connectivity index (χ3n) is 3.85. The van der Waals surface area contributed by atoms with Gasteiger partial charge in [0.15, 0.2) is 0 Å². The quantitative estimate of drug-likeness (QED) is 0.833. The Morgan fingerprint density at radius 2 is 1.88 bits per heavy atom. The fourth-order valence-electron chi connectivity index (χ4n) is 2.86. The van der Waals surface area contributed by atoms with Crippen LogP contribution in [0.3, 0.4) is 0 Å². The summed E-state index contributed by atoms with van der Waals surface area (Å²) in [6.45, 7) is 5.53. The first kappa shape index (κ1) is 14.8. The molecule has 4 atom stereocenters. The van der Waals surface area contributed by atoms with Gasteiger partial charge in [-0.1, -0.05) is 13.8 Å². The van der Waals surface area contributed by atoms with Crippen LogP contribution in [-0.2, 0) is 0 Å². The molecule has 1 rings (SSSR count). The molecular formula is C12H23F3N2. The van der Waals surface area contributed by atoms with Crippen LogP contribution in [0.15, 0.2) is 0 Å². The number of halogens is 3. The van der Waals surface area contributed by atoms with Crippen molar-refractivity contribution >= 4 is 0 Å². The van der Waals surface area contributed by atoms with Crippen LogP contribution in [0.4, 0.5) is 13.2 Å². The minimum Gasteiger partial charge on any atom is -0.326 e. The molecule has 4 unspecified atom stereocenters. The van der Waals surface area contributed by atoms with Crippen molar-refractivity contribution in [2.24, 2.45) is 5.73 Å². The normalized spacial score (nSPS) is 30.5. The molecule has 2 N–H and O–H groups in total. The van der Waals surface area contributed by atoms with Gasteiger partial charge in [-0.25, -0.2) is 0 Å². The molecule has 1 aliphatic rings. The number of hydrogen-bond donors (Lipinski definition) is 1. The van der Waals surface area contributed by atoms with E-state index in [9.17, 15) is 13.2 Å². The van der Waals surface area contributed by atoms with Crippen LogP contribution in [0.25, 0.3) is 0 Å². The molecule has 0 aromatic carbocycles. The number of nitrogens with two attached hydrogens (primary N) is 1. The van der Waals surface area contributed by atoms with Gasteiger partial charge >= 0.3 is 6.18 Å². The third kappa shape index (κ3) is 3.13. The minimum absolute atomic E-state index is 0.0224. The molecule has 1 heterocycles. The van der Waals surface area contributed by atoms with Crippen LogP contribution in [-0.4, -0.2) is 35.2 Å². The van der Waals surface area contributed by atoms with E-state index in [4.69, 9.17) is 5.73 Å². The predicted molar refractivity (Wildman–Crippen MR) is 62.7 cm³/mol. The van der Waals surface area contributed by atoms with Gasteiger partial charge in [-0.2, -0.15) is 13.2 Å². The van der Waals surface area contributed by atoms with Crippen molar-refractivity contribution in [2.45, 2.75) is 76.8 Å². The second-order valence-corrected chi connectivity index (χ2v) is 4.99. The molecule has 0 radical (unpaired) electrons.